The molecule has 0 aromatic rings. The van der Waals surface area contributed by atoms with Gasteiger partial charge in [-0.15, -0.1) is 6.58 Å². The molecule has 0 fully saturated rings. The molecule has 0 spiro atoms. The Morgan fingerprint density at radius 3 is 2.12 bits per heavy atom. The lowest BCUT2D eigenvalue weighted by Crippen LogP contribution is -2.51. The summed E-state index contributed by atoms with van der Waals surface area (Å²) >= 11 is 0. The predicted molar refractivity (Wildman–Crippen MR) is 107 cm³/mol. The fourth-order valence-electron chi connectivity index (χ4n) is 2.62. The molecule has 0 atom stereocenters. The van der Waals surface area contributed by atoms with Crippen molar-refractivity contribution in [1.29, 1.82) is 0 Å². The normalized spacial score (nSPS) is 11.3. The highest BCUT2D eigenvalue weighted by Gasteiger charge is 2.26. The third-order valence-corrected chi connectivity index (χ3v) is 4.47. The molecule has 2 amide bonds. The van der Waals surface area contributed by atoms with E-state index < -0.39 is 0 Å². The van der Waals surface area contributed by atoms with Crippen molar-refractivity contribution in [3.63, 3.8) is 0 Å². The van der Waals surface area contributed by atoms with Crippen molar-refractivity contribution in [2.45, 2.75) is 64.8 Å². The first kappa shape index (κ1) is 24.9. The Hall–Kier alpha value is -1.11. The number of amides is 2. The van der Waals surface area contributed by atoms with E-state index in [4.69, 9.17) is 14.2 Å². The van der Waals surface area contributed by atoms with Gasteiger partial charge in [-0.25, -0.2) is 4.79 Å². The minimum Gasteiger partial charge on any atom is -0.379 e. The zero-order valence-corrected chi connectivity index (χ0v) is 17.1. The van der Waals surface area contributed by atoms with Crippen molar-refractivity contribution in [3.8, 4) is 0 Å². The summed E-state index contributed by atoms with van der Waals surface area (Å²) in [4.78, 5) is 12.0. The Morgan fingerprint density at radius 1 is 0.923 bits per heavy atom. The monoisotopic (exact) mass is 372 g/mol. The molecule has 154 valence electrons. The van der Waals surface area contributed by atoms with Crippen LogP contribution in [-0.2, 0) is 14.2 Å². The van der Waals surface area contributed by atoms with E-state index >= 15 is 0 Å². The van der Waals surface area contributed by atoms with E-state index in [9.17, 15) is 4.79 Å². The highest BCUT2D eigenvalue weighted by molar-refractivity contribution is 5.74. The summed E-state index contributed by atoms with van der Waals surface area (Å²) in [6.07, 6.45) is 7.44. The molecule has 0 aliphatic heterocycles. The Bertz CT molecular complexity index is 347. The zero-order chi connectivity index (χ0) is 19.5. The molecule has 6 nitrogen and oxygen atoms in total. The number of hydrogen-bond donors (Lipinski definition) is 2. The molecule has 0 saturated carbocycles. The van der Waals surface area contributed by atoms with Gasteiger partial charge >= 0.3 is 6.03 Å². The second kappa shape index (κ2) is 17.3. The summed E-state index contributed by atoms with van der Waals surface area (Å²) in [6, 6.07) is -0.0870. The van der Waals surface area contributed by atoms with Crippen LogP contribution in [0.2, 0.25) is 0 Å². The van der Waals surface area contributed by atoms with Crippen LogP contribution in [0.3, 0.4) is 0 Å². The molecule has 0 aliphatic rings. The van der Waals surface area contributed by atoms with Crippen molar-refractivity contribution >= 4 is 6.03 Å². The van der Waals surface area contributed by atoms with Crippen molar-refractivity contribution in [1.82, 2.24) is 10.6 Å². The van der Waals surface area contributed by atoms with Crippen LogP contribution in [0.5, 0.6) is 0 Å². The van der Waals surface area contributed by atoms with Gasteiger partial charge in [0.05, 0.1) is 26.4 Å². The smallest absolute Gasteiger partial charge is 0.315 e. The Kier molecular flexibility index (Phi) is 16.6. The first-order chi connectivity index (χ1) is 12.6. The van der Waals surface area contributed by atoms with Gasteiger partial charge in [-0.3, -0.25) is 0 Å². The first-order valence-electron chi connectivity index (χ1n) is 10.0. The molecular formula is C20H40N2O4. The number of rotatable bonds is 18. The fraction of sp³-hybridized carbons (Fsp3) is 0.850. The molecule has 0 aromatic heterocycles. The maximum absolute atomic E-state index is 12.0. The van der Waals surface area contributed by atoms with Crippen molar-refractivity contribution < 1.29 is 19.0 Å². The summed E-state index contributed by atoms with van der Waals surface area (Å²) in [6.45, 7) is 14.6. The number of nitrogens with one attached hydrogen (secondary N) is 2. The maximum atomic E-state index is 12.0. The van der Waals surface area contributed by atoms with Crippen LogP contribution in [0.25, 0.3) is 0 Å². The van der Waals surface area contributed by atoms with Crippen LogP contribution in [0, 0.1) is 0 Å². The van der Waals surface area contributed by atoms with Gasteiger partial charge in [-0.2, -0.15) is 0 Å². The minimum atomic E-state index is -0.176. The lowest BCUT2D eigenvalue weighted by Gasteiger charge is -2.32. The molecule has 0 bridgehead atoms. The largest absolute Gasteiger partial charge is 0.379 e. The molecule has 0 rings (SSSR count). The average Bonchev–Trinajstić information content (AvgIpc) is 2.65. The van der Waals surface area contributed by atoms with Gasteiger partial charge < -0.3 is 24.8 Å². The first-order valence-corrected chi connectivity index (χ1v) is 10.0. The summed E-state index contributed by atoms with van der Waals surface area (Å²) in [5, 5.41) is 6.05. The quantitative estimate of drug-likeness (QED) is 0.285. The van der Waals surface area contributed by atoms with Gasteiger partial charge in [0, 0.05) is 25.3 Å². The SMILES string of the molecule is C=CCC(CC)(CC)NC(=O)NCCCCCOCCOCCOCC. The highest BCUT2D eigenvalue weighted by Crippen LogP contribution is 2.19. The third-order valence-electron chi connectivity index (χ3n) is 4.47. The summed E-state index contributed by atoms with van der Waals surface area (Å²) in [5.41, 5.74) is -0.176. The molecular weight excluding hydrogens is 332 g/mol. The number of urea groups is 1. The van der Waals surface area contributed by atoms with E-state index in [0.717, 1.165) is 51.7 Å². The molecule has 26 heavy (non-hydrogen) atoms. The summed E-state index contributed by atoms with van der Waals surface area (Å²) in [7, 11) is 0. The molecule has 0 aliphatic carbocycles. The van der Waals surface area contributed by atoms with Crippen molar-refractivity contribution in [2.24, 2.45) is 0 Å². The van der Waals surface area contributed by atoms with Crippen LogP contribution in [0.15, 0.2) is 12.7 Å². The Balaban J connectivity index is 3.51. The van der Waals surface area contributed by atoms with Crippen LogP contribution in [0.1, 0.15) is 59.3 Å². The maximum Gasteiger partial charge on any atom is 0.315 e. The van der Waals surface area contributed by atoms with Crippen molar-refractivity contribution in [2.75, 3.05) is 46.2 Å². The molecule has 0 saturated heterocycles. The highest BCUT2D eigenvalue weighted by atomic mass is 16.5. The lowest BCUT2D eigenvalue weighted by atomic mass is 9.89. The second-order valence-electron chi connectivity index (χ2n) is 6.34. The van der Waals surface area contributed by atoms with Crippen LogP contribution >= 0.6 is 0 Å². The van der Waals surface area contributed by atoms with E-state index in [0.29, 0.717) is 33.0 Å². The van der Waals surface area contributed by atoms with Gasteiger partial charge in [0.1, 0.15) is 0 Å². The van der Waals surface area contributed by atoms with Gasteiger partial charge in [-0.1, -0.05) is 19.9 Å². The van der Waals surface area contributed by atoms with Gasteiger partial charge in [-0.05, 0) is 45.4 Å². The van der Waals surface area contributed by atoms with E-state index in [1.54, 1.807) is 0 Å². The van der Waals surface area contributed by atoms with E-state index in [1.165, 1.54) is 0 Å². The number of hydrogen-bond acceptors (Lipinski definition) is 4. The van der Waals surface area contributed by atoms with Gasteiger partial charge in [0.25, 0.3) is 0 Å². The molecule has 0 heterocycles. The van der Waals surface area contributed by atoms with Crippen LogP contribution in [-0.4, -0.2) is 57.8 Å². The van der Waals surface area contributed by atoms with E-state index in [1.807, 2.05) is 13.0 Å². The third kappa shape index (κ3) is 13.1. The second-order valence-corrected chi connectivity index (χ2v) is 6.34. The minimum absolute atomic E-state index is 0.0870. The van der Waals surface area contributed by atoms with E-state index in [2.05, 4.69) is 31.1 Å². The average molecular weight is 373 g/mol. The summed E-state index contributed by atoms with van der Waals surface area (Å²) < 4.78 is 16.1. The lowest BCUT2D eigenvalue weighted by molar-refractivity contribution is 0.0162. The number of ether oxygens (including phenoxy) is 3. The zero-order valence-electron chi connectivity index (χ0n) is 17.1. The molecule has 0 unspecified atom stereocenters. The van der Waals surface area contributed by atoms with Crippen LogP contribution in [0.4, 0.5) is 4.79 Å². The van der Waals surface area contributed by atoms with Crippen LogP contribution < -0.4 is 10.6 Å². The molecule has 0 radical (unpaired) electrons. The number of unbranched alkanes of at least 4 members (excludes halogenated alkanes) is 2. The predicted octanol–water partition coefficient (Wildman–Crippen LogP) is 3.66. The molecule has 0 aromatic carbocycles. The summed E-state index contributed by atoms with van der Waals surface area (Å²) in [5.74, 6) is 0. The molecule has 6 heteroatoms. The Labute approximate surface area is 160 Å². The number of carbonyl (C=O) groups excluding carboxylic acids is 1. The topological polar surface area (TPSA) is 68.8 Å². The standard InChI is InChI=1S/C20H40N2O4/c1-5-12-20(6-2,7-3)22-19(23)21-13-10-9-11-14-25-17-18-26-16-15-24-8-4/h5H,1,6-18H2,2-4H3,(H2,21,22,23). The number of carbonyl (C=O) groups is 1. The van der Waals surface area contributed by atoms with Crippen molar-refractivity contribution in [3.05, 3.63) is 12.7 Å². The van der Waals surface area contributed by atoms with E-state index in [-0.39, 0.29) is 11.6 Å². The Morgan fingerprint density at radius 2 is 1.54 bits per heavy atom. The molecule has 2 N–H and O–H groups in total. The van der Waals surface area contributed by atoms with Gasteiger partial charge in [0.2, 0.25) is 0 Å². The van der Waals surface area contributed by atoms with Gasteiger partial charge in [0.15, 0.2) is 0 Å². The fourth-order valence-corrected chi connectivity index (χ4v) is 2.62.